The lowest BCUT2D eigenvalue weighted by Gasteiger charge is -2.27. The van der Waals surface area contributed by atoms with Crippen LogP contribution in [0.1, 0.15) is 42.0 Å². The minimum Gasteiger partial charge on any atom is -0.481 e. The molecule has 0 unspecified atom stereocenters. The number of rotatable bonds is 15. The molecule has 0 fully saturated rings. The van der Waals surface area contributed by atoms with Gasteiger partial charge in [-0.2, -0.15) is 0 Å². The minimum atomic E-state index is -0.918. The summed E-state index contributed by atoms with van der Waals surface area (Å²) in [5.41, 5.74) is 4.25. The second kappa shape index (κ2) is 16.1. The van der Waals surface area contributed by atoms with Crippen molar-refractivity contribution in [3.05, 3.63) is 131 Å². The van der Waals surface area contributed by atoms with Crippen molar-refractivity contribution >= 4 is 23.9 Å². The Morgan fingerprint density at radius 2 is 1.16 bits per heavy atom. The van der Waals surface area contributed by atoms with E-state index in [1.54, 1.807) is 0 Å². The number of hydrogen-bond donors (Lipinski definition) is 1. The van der Waals surface area contributed by atoms with E-state index in [-0.39, 0.29) is 18.6 Å². The van der Waals surface area contributed by atoms with Gasteiger partial charge >= 0.3 is 5.97 Å². The molecule has 4 rings (SSSR count). The van der Waals surface area contributed by atoms with E-state index in [9.17, 15) is 14.7 Å². The lowest BCUT2D eigenvalue weighted by molar-refractivity contribution is -0.137. The van der Waals surface area contributed by atoms with Gasteiger partial charge in [-0.1, -0.05) is 84.0 Å². The van der Waals surface area contributed by atoms with E-state index < -0.39 is 12.0 Å². The maximum absolute atomic E-state index is 12.6. The van der Waals surface area contributed by atoms with Gasteiger partial charge in [0.1, 0.15) is 28.8 Å². The van der Waals surface area contributed by atoms with E-state index in [1.807, 2.05) is 140 Å². The van der Waals surface area contributed by atoms with E-state index in [1.165, 1.54) is 18.1 Å². The lowest BCUT2D eigenvalue weighted by atomic mass is 10.1. The second-order valence-corrected chi connectivity index (χ2v) is 10.8. The number of carboxylic acids is 1. The van der Waals surface area contributed by atoms with Crippen LogP contribution < -0.4 is 9.47 Å². The molecule has 0 aliphatic heterocycles. The molecule has 0 radical (unpaired) electrons. The summed E-state index contributed by atoms with van der Waals surface area (Å²) in [5, 5.41) is 9.28. The zero-order valence-electron chi connectivity index (χ0n) is 25.5. The van der Waals surface area contributed by atoms with Crippen molar-refractivity contribution in [3.63, 3.8) is 0 Å². The number of carboxylic acid groups (broad SMARTS) is 1. The number of ether oxygens (including phenoxy) is 2. The molecule has 1 N–H and O–H groups in total. The van der Waals surface area contributed by atoms with Crippen LogP contribution in [-0.2, 0) is 9.59 Å². The first-order valence-electron chi connectivity index (χ1n) is 14.7. The van der Waals surface area contributed by atoms with Crippen LogP contribution >= 0.6 is 0 Å². The predicted octanol–water partition coefficient (Wildman–Crippen LogP) is 8.74. The van der Waals surface area contributed by atoms with Crippen molar-refractivity contribution in [3.8, 4) is 23.0 Å². The average Bonchev–Trinajstić information content (AvgIpc) is 2.99. The van der Waals surface area contributed by atoms with Gasteiger partial charge in [0.15, 0.2) is 0 Å². The molecule has 0 heterocycles. The number of Topliss-reactive ketones (excluding diaryl/α,β-unsaturated/α-hetero) is 1. The molecular weight excluding hydrogens is 550 g/mol. The van der Waals surface area contributed by atoms with E-state index in [0.717, 1.165) is 34.1 Å². The number of nitrogens with zero attached hydrogens (tertiary/aromatic N) is 1. The number of ketones is 1. The summed E-state index contributed by atoms with van der Waals surface area (Å²) in [4.78, 5) is 25.9. The largest absolute Gasteiger partial charge is 0.481 e. The first kappa shape index (κ1) is 32.0. The van der Waals surface area contributed by atoms with Gasteiger partial charge in [-0.3, -0.25) is 14.5 Å². The Hall–Kier alpha value is -4.94. The fraction of sp³-hybridized carbons (Fsp3) is 0.211. The Labute approximate surface area is 259 Å². The van der Waals surface area contributed by atoms with Crippen LogP contribution in [0.25, 0.3) is 12.2 Å². The first-order valence-corrected chi connectivity index (χ1v) is 14.7. The van der Waals surface area contributed by atoms with Gasteiger partial charge in [0.2, 0.25) is 0 Å². The molecule has 6 nitrogen and oxygen atoms in total. The van der Waals surface area contributed by atoms with Gasteiger partial charge < -0.3 is 14.6 Å². The fourth-order valence-corrected chi connectivity index (χ4v) is 4.73. The number of hydrogen-bond acceptors (Lipinski definition) is 5. The number of aryl methyl sites for hydroxylation is 2. The molecule has 226 valence electrons. The molecule has 6 heteroatoms. The normalized spacial score (nSPS) is 12.1. The van der Waals surface area contributed by atoms with Crippen molar-refractivity contribution in [1.82, 2.24) is 4.90 Å². The molecule has 0 saturated carbocycles. The maximum atomic E-state index is 12.6. The molecule has 4 aromatic carbocycles. The molecule has 1 atom stereocenters. The molecule has 0 aliphatic carbocycles. The summed E-state index contributed by atoms with van der Waals surface area (Å²) in [6.45, 7) is 6.52. The maximum Gasteiger partial charge on any atom is 0.303 e. The van der Waals surface area contributed by atoms with Crippen LogP contribution in [0, 0.1) is 13.8 Å². The summed E-state index contributed by atoms with van der Waals surface area (Å²) >= 11 is 0. The second-order valence-electron chi connectivity index (χ2n) is 10.8. The van der Waals surface area contributed by atoms with E-state index in [4.69, 9.17) is 9.47 Å². The number of carbonyl (C=O) groups excluding carboxylic acids is 1. The monoisotopic (exact) mass is 589 g/mol. The molecule has 0 spiro atoms. The summed E-state index contributed by atoms with van der Waals surface area (Å²) in [5.74, 6) is 2.02. The highest BCUT2D eigenvalue weighted by atomic mass is 16.5. The standard InChI is InChI=1S/C38H39NO5/c1-28-14-18-33(19-15-28)43-35-12-4-8-31(26-35)10-6-24-39(37(30(3)40)22-23-38(41)42)25-7-11-32-9-5-13-36(27-32)44-34-20-16-29(2)17-21-34/h4-21,26-27,37H,22-25H2,1-3H3,(H,41,42)/b10-6+,11-7+/t37-/m0/s1. The van der Waals surface area contributed by atoms with E-state index >= 15 is 0 Å². The Morgan fingerprint density at radius 1 is 0.705 bits per heavy atom. The molecule has 0 bridgehead atoms. The number of carbonyl (C=O) groups is 2. The van der Waals surface area contributed by atoms with Crippen molar-refractivity contribution in [2.24, 2.45) is 0 Å². The highest BCUT2D eigenvalue weighted by Gasteiger charge is 2.22. The molecule has 0 aliphatic rings. The fourth-order valence-electron chi connectivity index (χ4n) is 4.73. The molecule has 0 amide bonds. The average molecular weight is 590 g/mol. The zero-order valence-corrected chi connectivity index (χ0v) is 25.5. The van der Waals surface area contributed by atoms with Gasteiger partial charge in [0, 0.05) is 19.5 Å². The zero-order chi connectivity index (χ0) is 31.3. The van der Waals surface area contributed by atoms with Gasteiger partial charge in [0.05, 0.1) is 6.04 Å². The van der Waals surface area contributed by atoms with Crippen LogP contribution in [-0.4, -0.2) is 40.9 Å². The summed E-state index contributed by atoms with van der Waals surface area (Å²) < 4.78 is 12.0. The van der Waals surface area contributed by atoms with Crippen LogP contribution in [0.15, 0.2) is 109 Å². The SMILES string of the molecule is CC(=O)[C@H](CCC(=O)O)N(C/C=C/c1cccc(Oc2ccc(C)cc2)c1)C/C=C/c1cccc(Oc2ccc(C)cc2)c1. The van der Waals surface area contributed by atoms with E-state index in [0.29, 0.717) is 13.1 Å². The van der Waals surface area contributed by atoms with E-state index in [2.05, 4.69) is 0 Å². The van der Waals surface area contributed by atoms with Crippen LogP contribution in [0.5, 0.6) is 23.0 Å². The topological polar surface area (TPSA) is 76.1 Å². The number of benzene rings is 4. The van der Waals surface area contributed by atoms with Crippen molar-refractivity contribution in [2.75, 3.05) is 13.1 Å². The number of aliphatic carboxylic acids is 1. The molecular formula is C38H39NO5. The Bertz CT molecular complexity index is 1490. The Morgan fingerprint density at radius 3 is 1.57 bits per heavy atom. The highest BCUT2D eigenvalue weighted by molar-refractivity contribution is 5.82. The summed E-state index contributed by atoms with van der Waals surface area (Å²) in [6.07, 6.45) is 8.12. The first-order chi connectivity index (χ1) is 21.2. The van der Waals surface area contributed by atoms with Crippen LogP contribution in [0.4, 0.5) is 0 Å². The third-order valence-electron chi connectivity index (χ3n) is 7.07. The highest BCUT2D eigenvalue weighted by Crippen LogP contribution is 2.24. The third kappa shape index (κ3) is 10.4. The quantitative estimate of drug-likeness (QED) is 0.149. The van der Waals surface area contributed by atoms with Gasteiger partial charge in [0.25, 0.3) is 0 Å². The minimum absolute atomic E-state index is 0.0601. The lowest BCUT2D eigenvalue weighted by Crippen LogP contribution is -2.40. The molecule has 0 aromatic heterocycles. The van der Waals surface area contributed by atoms with Gasteiger partial charge in [-0.25, -0.2) is 0 Å². The molecule has 44 heavy (non-hydrogen) atoms. The van der Waals surface area contributed by atoms with Crippen LogP contribution in [0.3, 0.4) is 0 Å². The van der Waals surface area contributed by atoms with Gasteiger partial charge in [-0.15, -0.1) is 0 Å². The van der Waals surface area contributed by atoms with Gasteiger partial charge in [-0.05, 0) is 86.8 Å². The molecule has 4 aromatic rings. The van der Waals surface area contributed by atoms with Crippen molar-refractivity contribution < 1.29 is 24.2 Å². The van der Waals surface area contributed by atoms with Crippen molar-refractivity contribution in [2.45, 2.75) is 39.7 Å². The predicted molar refractivity (Wildman–Crippen MR) is 176 cm³/mol. The molecule has 0 saturated heterocycles. The van der Waals surface area contributed by atoms with Crippen LogP contribution in [0.2, 0.25) is 0 Å². The smallest absolute Gasteiger partial charge is 0.303 e. The Kier molecular flexibility index (Phi) is 11.7. The Balaban J connectivity index is 1.45. The van der Waals surface area contributed by atoms with Crippen molar-refractivity contribution in [1.29, 1.82) is 0 Å². The summed E-state index contributed by atoms with van der Waals surface area (Å²) in [6, 6.07) is 30.9. The summed E-state index contributed by atoms with van der Waals surface area (Å²) in [7, 11) is 0. The third-order valence-corrected chi connectivity index (χ3v) is 7.07.